The van der Waals surface area contributed by atoms with Gasteiger partial charge in [0.1, 0.15) is 17.4 Å². The molecule has 0 aliphatic carbocycles. The maximum absolute atomic E-state index is 12.5. The molecule has 0 saturated carbocycles. The lowest BCUT2D eigenvalue weighted by molar-refractivity contribution is -0.131. The Bertz CT molecular complexity index is 855. The fourth-order valence-corrected chi connectivity index (χ4v) is 3.38. The second-order valence-corrected chi connectivity index (χ2v) is 6.56. The molecule has 0 spiro atoms. The quantitative estimate of drug-likeness (QED) is 0.709. The van der Waals surface area contributed by atoms with Gasteiger partial charge >= 0.3 is 0 Å². The number of fused-ring (bicyclic) bond motifs is 1. The molecule has 26 heavy (non-hydrogen) atoms. The second kappa shape index (κ2) is 7.56. The first-order valence-electron chi connectivity index (χ1n) is 9.04. The number of hydrogen-bond donors (Lipinski definition) is 0. The summed E-state index contributed by atoms with van der Waals surface area (Å²) in [6, 6.07) is 14.0. The Kier molecular flexibility index (Phi) is 4.82. The van der Waals surface area contributed by atoms with Crippen LogP contribution < -0.4 is 0 Å². The standard InChI is InChI=1S/C20H22N4O2/c25-20(9-8-17-7-4-14-26-17)23-11-10-18-21-22-19(24(18)13-12-23)15-16-5-2-1-3-6-16/h1-7,14H,8-13,15H2. The molecular formula is C20H22N4O2. The number of rotatable bonds is 5. The normalized spacial score (nSPS) is 14.1. The summed E-state index contributed by atoms with van der Waals surface area (Å²) in [5.74, 6) is 2.97. The van der Waals surface area contributed by atoms with Crippen molar-refractivity contribution in [3.63, 3.8) is 0 Å². The van der Waals surface area contributed by atoms with E-state index < -0.39 is 0 Å². The highest BCUT2D eigenvalue weighted by Crippen LogP contribution is 2.14. The smallest absolute Gasteiger partial charge is 0.223 e. The van der Waals surface area contributed by atoms with Gasteiger partial charge in [0, 0.05) is 45.3 Å². The van der Waals surface area contributed by atoms with Crippen LogP contribution in [0.25, 0.3) is 0 Å². The highest BCUT2D eigenvalue weighted by molar-refractivity contribution is 5.76. The summed E-state index contributed by atoms with van der Waals surface area (Å²) >= 11 is 0. The lowest BCUT2D eigenvalue weighted by Crippen LogP contribution is -2.33. The molecule has 0 unspecified atom stereocenters. The van der Waals surface area contributed by atoms with Crippen molar-refractivity contribution >= 4 is 5.91 Å². The molecular weight excluding hydrogens is 328 g/mol. The van der Waals surface area contributed by atoms with E-state index in [2.05, 4.69) is 26.9 Å². The van der Waals surface area contributed by atoms with Crippen LogP contribution in [-0.4, -0.2) is 38.7 Å². The molecule has 0 fully saturated rings. The molecule has 6 heteroatoms. The minimum Gasteiger partial charge on any atom is -0.469 e. The monoisotopic (exact) mass is 350 g/mol. The summed E-state index contributed by atoms with van der Waals surface area (Å²) in [7, 11) is 0. The Balaban J connectivity index is 1.38. The predicted molar refractivity (Wildman–Crippen MR) is 96.6 cm³/mol. The lowest BCUT2D eigenvalue weighted by atomic mass is 10.1. The second-order valence-electron chi connectivity index (χ2n) is 6.56. The van der Waals surface area contributed by atoms with Crippen molar-refractivity contribution in [1.82, 2.24) is 19.7 Å². The Hall–Kier alpha value is -2.89. The number of furan rings is 1. The number of nitrogens with zero attached hydrogens (tertiary/aromatic N) is 4. The number of hydrogen-bond acceptors (Lipinski definition) is 4. The topological polar surface area (TPSA) is 64.2 Å². The van der Waals surface area contributed by atoms with Crippen LogP contribution in [0.5, 0.6) is 0 Å². The molecule has 6 nitrogen and oxygen atoms in total. The van der Waals surface area contributed by atoms with Gasteiger partial charge in [-0.15, -0.1) is 10.2 Å². The Morgan fingerprint density at radius 3 is 2.73 bits per heavy atom. The number of carbonyl (C=O) groups is 1. The summed E-state index contributed by atoms with van der Waals surface area (Å²) in [5, 5.41) is 8.73. The number of benzene rings is 1. The van der Waals surface area contributed by atoms with E-state index in [0.717, 1.165) is 36.8 Å². The molecule has 1 aliphatic heterocycles. The van der Waals surface area contributed by atoms with Gasteiger partial charge in [-0.25, -0.2) is 0 Å². The Morgan fingerprint density at radius 1 is 1.04 bits per heavy atom. The maximum atomic E-state index is 12.5. The lowest BCUT2D eigenvalue weighted by Gasteiger charge is -2.20. The van der Waals surface area contributed by atoms with Crippen LogP contribution in [0.2, 0.25) is 0 Å². The SMILES string of the molecule is O=C(CCc1ccco1)N1CCc2nnc(Cc3ccccc3)n2CC1. The average Bonchev–Trinajstić information content (AvgIpc) is 3.26. The van der Waals surface area contributed by atoms with Crippen LogP contribution >= 0.6 is 0 Å². The van der Waals surface area contributed by atoms with Gasteiger partial charge in [-0.1, -0.05) is 30.3 Å². The van der Waals surface area contributed by atoms with Crippen molar-refractivity contribution < 1.29 is 9.21 Å². The van der Waals surface area contributed by atoms with Crippen LogP contribution in [0.1, 0.15) is 29.4 Å². The van der Waals surface area contributed by atoms with Gasteiger partial charge in [0.25, 0.3) is 0 Å². The molecule has 1 aromatic carbocycles. The molecule has 134 valence electrons. The summed E-state index contributed by atoms with van der Waals surface area (Å²) in [6.45, 7) is 2.14. The van der Waals surface area contributed by atoms with E-state index in [4.69, 9.17) is 4.42 Å². The maximum Gasteiger partial charge on any atom is 0.223 e. The average molecular weight is 350 g/mol. The molecule has 1 amide bonds. The van der Waals surface area contributed by atoms with Crippen LogP contribution in [0, 0.1) is 0 Å². The fraction of sp³-hybridized carbons (Fsp3) is 0.350. The summed E-state index contributed by atoms with van der Waals surface area (Å²) < 4.78 is 7.49. The molecule has 0 atom stereocenters. The Morgan fingerprint density at radius 2 is 1.92 bits per heavy atom. The molecule has 3 aromatic rings. The van der Waals surface area contributed by atoms with Gasteiger partial charge < -0.3 is 13.9 Å². The zero-order valence-electron chi connectivity index (χ0n) is 14.7. The number of aryl methyl sites for hydroxylation is 1. The van der Waals surface area contributed by atoms with E-state index in [1.165, 1.54) is 5.56 Å². The fourth-order valence-electron chi connectivity index (χ4n) is 3.38. The molecule has 0 saturated heterocycles. The third-order valence-corrected chi connectivity index (χ3v) is 4.83. The molecule has 0 N–H and O–H groups in total. The molecule has 4 rings (SSSR count). The van der Waals surface area contributed by atoms with Crippen LogP contribution in [-0.2, 0) is 30.6 Å². The first-order valence-corrected chi connectivity index (χ1v) is 9.04. The van der Waals surface area contributed by atoms with E-state index >= 15 is 0 Å². The van der Waals surface area contributed by atoms with E-state index in [9.17, 15) is 4.79 Å². The van der Waals surface area contributed by atoms with Crippen LogP contribution in [0.15, 0.2) is 53.1 Å². The van der Waals surface area contributed by atoms with Crippen molar-refractivity contribution in [3.8, 4) is 0 Å². The molecule has 0 radical (unpaired) electrons. The minimum atomic E-state index is 0.171. The molecule has 2 aromatic heterocycles. The van der Waals surface area contributed by atoms with E-state index in [1.54, 1.807) is 6.26 Å². The van der Waals surface area contributed by atoms with Gasteiger partial charge in [-0.2, -0.15) is 0 Å². The van der Waals surface area contributed by atoms with E-state index in [-0.39, 0.29) is 5.91 Å². The molecule has 0 bridgehead atoms. The van der Waals surface area contributed by atoms with Crippen molar-refractivity contribution in [3.05, 3.63) is 71.7 Å². The van der Waals surface area contributed by atoms with Crippen molar-refractivity contribution in [1.29, 1.82) is 0 Å². The number of aromatic nitrogens is 3. The summed E-state index contributed by atoms with van der Waals surface area (Å²) in [6.07, 6.45) is 4.28. The largest absolute Gasteiger partial charge is 0.469 e. The molecule has 3 heterocycles. The van der Waals surface area contributed by atoms with Gasteiger partial charge in [-0.3, -0.25) is 4.79 Å². The Labute approximate surface area is 152 Å². The number of amides is 1. The van der Waals surface area contributed by atoms with Gasteiger partial charge in [0.15, 0.2) is 0 Å². The first-order chi connectivity index (χ1) is 12.8. The van der Waals surface area contributed by atoms with Crippen LogP contribution in [0.4, 0.5) is 0 Å². The molecule has 1 aliphatic rings. The van der Waals surface area contributed by atoms with Crippen LogP contribution in [0.3, 0.4) is 0 Å². The van der Waals surface area contributed by atoms with Gasteiger partial charge in [0.05, 0.1) is 6.26 Å². The number of carbonyl (C=O) groups excluding carboxylic acids is 1. The van der Waals surface area contributed by atoms with E-state index in [0.29, 0.717) is 25.9 Å². The highest BCUT2D eigenvalue weighted by atomic mass is 16.3. The third-order valence-electron chi connectivity index (χ3n) is 4.83. The first kappa shape index (κ1) is 16.6. The summed E-state index contributed by atoms with van der Waals surface area (Å²) in [5.41, 5.74) is 1.22. The zero-order chi connectivity index (χ0) is 17.8. The van der Waals surface area contributed by atoms with Gasteiger partial charge in [0.2, 0.25) is 5.91 Å². The third kappa shape index (κ3) is 3.69. The highest BCUT2D eigenvalue weighted by Gasteiger charge is 2.21. The van der Waals surface area contributed by atoms with E-state index in [1.807, 2.05) is 35.2 Å². The van der Waals surface area contributed by atoms with Crippen molar-refractivity contribution in [2.24, 2.45) is 0 Å². The zero-order valence-corrected chi connectivity index (χ0v) is 14.7. The predicted octanol–water partition coefficient (Wildman–Crippen LogP) is 2.48. The van der Waals surface area contributed by atoms with Gasteiger partial charge in [-0.05, 0) is 17.7 Å². The summed E-state index contributed by atoms with van der Waals surface area (Å²) in [4.78, 5) is 14.5. The van der Waals surface area contributed by atoms with Crippen molar-refractivity contribution in [2.75, 3.05) is 13.1 Å². The van der Waals surface area contributed by atoms with Crippen molar-refractivity contribution in [2.45, 2.75) is 32.2 Å². The minimum absolute atomic E-state index is 0.171.